The summed E-state index contributed by atoms with van der Waals surface area (Å²) in [6.07, 6.45) is 0. The zero-order valence-corrected chi connectivity index (χ0v) is 15.0. The Bertz CT molecular complexity index is 943. The average molecular weight is 376 g/mol. The van der Waals surface area contributed by atoms with Crippen LogP contribution in [-0.4, -0.2) is 33.4 Å². The van der Waals surface area contributed by atoms with Crippen molar-refractivity contribution in [2.45, 2.75) is 19.6 Å². The van der Waals surface area contributed by atoms with Crippen LogP contribution in [0.25, 0.3) is 10.9 Å². The molecule has 26 heavy (non-hydrogen) atoms. The van der Waals surface area contributed by atoms with Crippen LogP contribution in [-0.2, 0) is 6.61 Å². The second kappa shape index (κ2) is 7.59. The number of halogens is 1. The van der Waals surface area contributed by atoms with Crippen LogP contribution in [0, 0.1) is 0 Å². The fraction of sp³-hybridized carbons (Fsp3) is 0.235. The van der Waals surface area contributed by atoms with Gasteiger partial charge in [0.1, 0.15) is 5.82 Å². The van der Waals surface area contributed by atoms with E-state index >= 15 is 0 Å². The lowest BCUT2D eigenvalue weighted by Gasteiger charge is -2.15. The van der Waals surface area contributed by atoms with Gasteiger partial charge in [0.25, 0.3) is 0 Å². The molecule has 9 heteroatoms. The van der Waals surface area contributed by atoms with Gasteiger partial charge in [-0.3, -0.25) is 10.4 Å². The summed E-state index contributed by atoms with van der Waals surface area (Å²) in [6, 6.07) is 8.20. The van der Waals surface area contributed by atoms with E-state index in [0.717, 1.165) is 5.56 Å². The normalized spacial score (nSPS) is 12.0. The monoisotopic (exact) mass is 375 g/mol. The smallest absolute Gasteiger partial charge is 0.320 e. The van der Waals surface area contributed by atoms with Crippen molar-refractivity contribution in [1.82, 2.24) is 20.5 Å². The predicted molar refractivity (Wildman–Crippen MR) is 98.4 cm³/mol. The van der Waals surface area contributed by atoms with Crippen LogP contribution >= 0.6 is 11.6 Å². The van der Waals surface area contributed by atoms with E-state index < -0.39 is 6.03 Å². The van der Waals surface area contributed by atoms with E-state index in [2.05, 4.69) is 25.8 Å². The maximum atomic E-state index is 12.3. The van der Waals surface area contributed by atoms with Crippen molar-refractivity contribution in [3.05, 3.63) is 46.6 Å². The van der Waals surface area contributed by atoms with Gasteiger partial charge in [0, 0.05) is 11.1 Å². The molecule has 0 aliphatic rings. The summed E-state index contributed by atoms with van der Waals surface area (Å²) in [7, 11) is 1.48. The molecule has 1 aromatic carbocycles. The maximum absolute atomic E-state index is 12.3. The summed E-state index contributed by atoms with van der Waals surface area (Å²) in [5, 5.41) is 23.0. The van der Waals surface area contributed by atoms with E-state index in [1.807, 2.05) is 19.1 Å². The highest BCUT2D eigenvalue weighted by molar-refractivity contribution is 6.30. The number of carbonyl (C=O) groups is 1. The second-order valence-electron chi connectivity index (χ2n) is 5.64. The molecule has 4 N–H and O–H groups in total. The summed E-state index contributed by atoms with van der Waals surface area (Å²) in [5.41, 5.74) is 1.83. The Morgan fingerprint density at radius 2 is 2.23 bits per heavy atom. The van der Waals surface area contributed by atoms with Crippen molar-refractivity contribution >= 4 is 34.4 Å². The number of H-pyrrole nitrogens is 1. The molecule has 0 spiro atoms. The average Bonchev–Trinajstić information content (AvgIpc) is 3.04. The molecule has 0 fully saturated rings. The number of amides is 2. The number of hydrogen-bond donors (Lipinski definition) is 4. The summed E-state index contributed by atoms with van der Waals surface area (Å²) >= 11 is 5.98. The van der Waals surface area contributed by atoms with Gasteiger partial charge in [-0.1, -0.05) is 23.7 Å². The van der Waals surface area contributed by atoms with Crippen LogP contribution in [0.4, 0.5) is 10.6 Å². The van der Waals surface area contributed by atoms with E-state index in [4.69, 9.17) is 16.3 Å². The zero-order chi connectivity index (χ0) is 18.7. The number of hydrogen-bond acceptors (Lipinski definition) is 5. The quantitative estimate of drug-likeness (QED) is 0.547. The second-order valence-corrected chi connectivity index (χ2v) is 6.08. The standard InChI is InChI=1S/C17H18ClN5O3/c1-9(10-4-3-5-11(18)6-10)19-17(25)21-14-7-12-15(13(8-24)20-14)16(26-2)23-22-12/h3-7,9,24H,8H2,1-2H3,(H,22,23)(H2,19,20,21,25)/t9-/m1/s1. The van der Waals surface area contributed by atoms with Crippen LogP contribution in [0.1, 0.15) is 24.2 Å². The molecule has 136 valence electrons. The van der Waals surface area contributed by atoms with Gasteiger partial charge < -0.3 is 15.2 Å². The van der Waals surface area contributed by atoms with E-state index in [1.54, 1.807) is 18.2 Å². The summed E-state index contributed by atoms with van der Waals surface area (Å²) in [5.74, 6) is 0.616. The molecule has 0 saturated heterocycles. The number of carbonyl (C=O) groups excluding carboxylic acids is 1. The SMILES string of the molecule is COc1n[nH]c2cc(NC(=O)N[C@H](C)c3cccc(Cl)c3)nc(CO)c12. The number of nitrogens with one attached hydrogen (secondary N) is 3. The van der Waals surface area contributed by atoms with Crippen molar-refractivity contribution < 1.29 is 14.6 Å². The molecule has 0 bridgehead atoms. The van der Waals surface area contributed by atoms with Gasteiger partial charge in [0.15, 0.2) is 0 Å². The number of rotatable bonds is 5. The van der Waals surface area contributed by atoms with E-state index in [1.165, 1.54) is 7.11 Å². The number of aliphatic hydroxyl groups excluding tert-OH is 1. The van der Waals surface area contributed by atoms with Crippen molar-refractivity contribution in [3.8, 4) is 5.88 Å². The van der Waals surface area contributed by atoms with E-state index in [-0.39, 0.29) is 18.5 Å². The molecule has 0 aliphatic heterocycles. The van der Waals surface area contributed by atoms with Gasteiger partial charge in [-0.2, -0.15) is 0 Å². The van der Waals surface area contributed by atoms with Crippen molar-refractivity contribution in [3.63, 3.8) is 0 Å². The fourth-order valence-corrected chi connectivity index (χ4v) is 2.82. The summed E-state index contributed by atoms with van der Waals surface area (Å²) < 4.78 is 5.14. The van der Waals surface area contributed by atoms with Crippen LogP contribution in [0.5, 0.6) is 5.88 Å². The maximum Gasteiger partial charge on any atom is 0.320 e. The number of ether oxygens (including phenoxy) is 1. The van der Waals surface area contributed by atoms with Gasteiger partial charge >= 0.3 is 6.03 Å². The van der Waals surface area contributed by atoms with Crippen LogP contribution in [0.15, 0.2) is 30.3 Å². The Kier molecular flexibility index (Phi) is 5.24. The third-order valence-electron chi connectivity index (χ3n) is 3.87. The number of benzene rings is 1. The third-order valence-corrected chi connectivity index (χ3v) is 4.10. The summed E-state index contributed by atoms with van der Waals surface area (Å²) in [6.45, 7) is 1.53. The fourth-order valence-electron chi connectivity index (χ4n) is 2.63. The highest BCUT2D eigenvalue weighted by Gasteiger charge is 2.16. The predicted octanol–water partition coefficient (Wildman–Crippen LogP) is 2.99. The lowest BCUT2D eigenvalue weighted by atomic mass is 10.1. The Morgan fingerprint density at radius 3 is 2.92 bits per heavy atom. The largest absolute Gasteiger partial charge is 0.479 e. The first-order valence-electron chi connectivity index (χ1n) is 7.87. The van der Waals surface area contributed by atoms with Crippen molar-refractivity contribution in [1.29, 1.82) is 0 Å². The number of pyridine rings is 1. The number of fused-ring (bicyclic) bond motifs is 1. The molecule has 0 aliphatic carbocycles. The number of anilines is 1. The molecule has 2 heterocycles. The number of aromatic amines is 1. The molecule has 0 saturated carbocycles. The molecule has 8 nitrogen and oxygen atoms in total. The third kappa shape index (κ3) is 3.71. The van der Waals surface area contributed by atoms with Gasteiger partial charge in [0.2, 0.25) is 5.88 Å². The molecular weight excluding hydrogens is 358 g/mol. The van der Waals surface area contributed by atoms with Crippen LogP contribution < -0.4 is 15.4 Å². The first-order chi connectivity index (χ1) is 12.5. The van der Waals surface area contributed by atoms with Crippen LogP contribution in [0.2, 0.25) is 5.02 Å². The van der Waals surface area contributed by atoms with E-state index in [9.17, 15) is 9.90 Å². The number of nitrogens with zero attached hydrogens (tertiary/aromatic N) is 2. The zero-order valence-electron chi connectivity index (χ0n) is 14.2. The molecule has 0 unspecified atom stereocenters. The van der Waals surface area contributed by atoms with Gasteiger partial charge in [-0.15, -0.1) is 5.10 Å². The van der Waals surface area contributed by atoms with Crippen LogP contribution in [0.3, 0.4) is 0 Å². The molecule has 0 radical (unpaired) electrons. The molecule has 3 rings (SSSR count). The molecular formula is C17H18ClN5O3. The van der Waals surface area contributed by atoms with Crippen molar-refractivity contribution in [2.75, 3.05) is 12.4 Å². The molecule has 2 amide bonds. The number of aromatic nitrogens is 3. The van der Waals surface area contributed by atoms with Gasteiger partial charge in [-0.05, 0) is 24.6 Å². The Hall–Kier alpha value is -2.84. The first-order valence-corrected chi connectivity index (χ1v) is 8.25. The Labute approximate surface area is 154 Å². The Balaban J connectivity index is 1.77. The highest BCUT2D eigenvalue weighted by atomic mass is 35.5. The Morgan fingerprint density at radius 1 is 1.42 bits per heavy atom. The van der Waals surface area contributed by atoms with Crippen molar-refractivity contribution in [2.24, 2.45) is 0 Å². The topological polar surface area (TPSA) is 112 Å². The minimum absolute atomic E-state index is 0.248. The molecule has 3 aromatic rings. The first kappa shape index (κ1) is 18.0. The number of urea groups is 1. The van der Waals surface area contributed by atoms with Gasteiger partial charge in [0.05, 0.1) is 36.4 Å². The lowest BCUT2D eigenvalue weighted by molar-refractivity contribution is 0.249. The summed E-state index contributed by atoms with van der Waals surface area (Å²) in [4.78, 5) is 16.5. The van der Waals surface area contributed by atoms with E-state index in [0.29, 0.717) is 27.5 Å². The molecule has 2 aromatic heterocycles. The van der Waals surface area contributed by atoms with Gasteiger partial charge in [-0.25, -0.2) is 9.78 Å². The lowest BCUT2D eigenvalue weighted by Crippen LogP contribution is -2.31. The minimum atomic E-state index is -0.431. The molecule has 1 atom stereocenters. The number of aliphatic hydroxyl groups is 1. The minimum Gasteiger partial charge on any atom is -0.479 e. The number of methoxy groups -OCH3 is 1. The highest BCUT2D eigenvalue weighted by Crippen LogP contribution is 2.27.